The largest absolute Gasteiger partial charge is 0.496 e. The lowest BCUT2D eigenvalue weighted by molar-refractivity contribution is -0.148. The van der Waals surface area contributed by atoms with E-state index in [4.69, 9.17) is 9.47 Å². The minimum Gasteiger partial charge on any atom is -0.496 e. The number of rotatable bonds is 4. The lowest BCUT2D eigenvalue weighted by Gasteiger charge is -2.22. The topological polar surface area (TPSA) is 35.5 Å². The number of carbonyl (C=O) groups excluding carboxylic acids is 1. The normalized spacial score (nSPS) is 18.4. The van der Waals surface area contributed by atoms with Gasteiger partial charge in [-0.25, -0.2) is 0 Å². The number of hydrogen-bond donors (Lipinski definition) is 0. The van der Waals surface area contributed by atoms with Crippen molar-refractivity contribution < 1.29 is 14.3 Å². The summed E-state index contributed by atoms with van der Waals surface area (Å²) in [6, 6.07) is 6.20. The van der Waals surface area contributed by atoms with E-state index < -0.39 is 0 Å². The molecule has 1 aliphatic carbocycles. The maximum Gasteiger partial charge on any atom is 0.309 e. The number of aryl methyl sites for hydroxylation is 1. The first kappa shape index (κ1) is 14.6. The third kappa shape index (κ3) is 3.21. The minimum atomic E-state index is -0.0704. The summed E-state index contributed by atoms with van der Waals surface area (Å²) in [5, 5.41) is 0. The average molecular weight is 274 g/mol. The molecule has 2 rings (SSSR count). The maximum atomic E-state index is 11.7. The zero-order chi connectivity index (χ0) is 14.5. The molecule has 0 N–H and O–H groups in total. The summed E-state index contributed by atoms with van der Waals surface area (Å²) in [4.78, 5) is 11.7. The fraction of sp³-hybridized carbons (Fsp3) is 0.471. The molecule has 108 valence electrons. The number of esters is 1. The highest BCUT2D eigenvalue weighted by Gasteiger charge is 2.24. The van der Waals surface area contributed by atoms with Gasteiger partial charge in [-0.1, -0.05) is 17.7 Å². The molecule has 1 aromatic rings. The average Bonchev–Trinajstić information content (AvgIpc) is 2.47. The van der Waals surface area contributed by atoms with E-state index in [0.29, 0.717) is 6.61 Å². The molecule has 0 aliphatic heterocycles. The summed E-state index contributed by atoms with van der Waals surface area (Å²) in [5.74, 6) is 0.838. The summed E-state index contributed by atoms with van der Waals surface area (Å²) < 4.78 is 10.5. The van der Waals surface area contributed by atoms with Gasteiger partial charge in [0.1, 0.15) is 5.75 Å². The van der Waals surface area contributed by atoms with Gasteiger partial charge in [0, 0.05) is 5.56 Å². The minimum absolute atomic E-state index is 0.00880. The molecule has 1 aliphatic rings. The van der Waals surface area contributed by atoms with E-state index >= 15 is 0 Å². The van der Waals surface area contributed by atoms with Gasteiger partial charge in [-0.15, -0.1) is 0 Å². The van der Waals surface area contributed by atoms with Crippen molar-refractivity contribution in [3.8, 4) is 5.75 Å². The lowest BCUT2D eigenvalue weighted by atomic mass is 9.86. The Kier molecular flexibility index (Phi) is 4.83. The molecule has 3 heteroatoms. The second kappa shape index (κ2) is 6.60. The molecule has 0 saturated heterocycles. The van der Waals surface area contributed by atoms with Gasteiger partial charge in [-0.3, -0.25) is 4.79 Å². The Balaban J connectivity index is 2.16. The first-order chi connectivity index (χ1) is 9.65. The van der Waals surface area contributed by atoms with Crippen LogP contribution >= 0.6 is 0 Å². The van der Waals surface area contributed by atoms with E-state index in [0.717, 1.165) is 30.6 Å². The SMILES string of the molecule is CCOC(=O)C1CC=C(c2cc(C)ccc2OC)CC1. The van der Waals surface area contributed by atoms with Gasteiger partial charge in [-0.05, 0) is 50.8 Å². The van der Waals surface area contributed by atoms with E-state index in [9.17, 15) is 4.79 Å². The number of allylic oxidation sites excluding steroid dienone is 2. The number of carbonyl (C=O) groups is 1. The summed E-state index contributed by atoms with van der Waals surface area (Å²) in [7, 11) is 1.69. The first-order valence-electron chi connectivity index (χ1n) is 7.16. The van der Waals surface area contributed by atoms with Crippen molar-refractivity contribution in [3.63, 3.8) is 0 Å². The Labute approximate surface area is 120 Å². The molecule has 0 saturated carbocycles. The Morgan fingerprint density at radius 3 is 2.80 bits per heavy atom. The summed E-state index contributed by atoms with van der Waals surface area (Å²) in [6.07, 6.45) is 4.65. The Bertz CT molecular complexity index is 517. The van der Waals surface area contributed by atoms with Gasteiger partial charge in [0.05, 0.1) is 19.6 Å². The van der Waals surface area contributed by atoms with Crippen LogP contribution in [0.3, 0.4) is 0 Å². The highest BCUT2D eigenvalue weighted by atomic mass is 16.5. The summed E-state index contributed by atoms with van der Waals surface area (Å²) >= 11 is 0. The van der Waals surface area contributed by atoms with Crippen LogP contribution in [0, 0.1) is 12.8 Å². The van der Waals surface area contributed by atoms with E-state index in [-0.39, 0.29) is 11.9 Å². The zero-order valence-corrected chi connectivity index (χ0v) is 12.4. The molecule has 0 aromatic heterocycles. The fourth-order valence-corrected chi connectivity index (χ4v) is 2.63. The van der Waals surface area contributed by atoms with Crippen molar-refractivity contribution in [2.75, 3.05) is 13.7 Å². The Hall–Kier alpha value is -1.77. The van der Waals surface area contributed by atoms with Crippen LogP contribution in [0.2, 0.25) is 0 Å². The molecule has 0 bridgehead atoms. The highest BCUT2D eigenvalue weighted by Crippen LogP contribution is 2.35. The van der Waals surface area contributed by atoms with E-state index in [1.54, 1.807) is 7.11 Å². The smallest absolute Gasteiger partial charge is 0.309 e. The number of hydrogen-bond acceptors (Lipinski definition) is 3. The van der Waals surface area contributed by atoms with Crippen molar-refractivity contribution in [2.24, 2.45) is 5.92 Å². The van der Waals surface area contributed by atoms with Crippen LogP contribution in [-0.2, 0) is 9.53 Å². The molecule has 0 heterocycles. The number of benzene rings is 1. The van der Waals surface area contributed by atoms with Crippen LogP contribution in [-0.4, -0.2) is 19.7 Å². The van der Waals surface area contributed by atoms with Crippen LogP contribution < -0.4 is 4.74 Å². The summed E-state index contributed by atoms with van der Waals surface area (Å²) in [5.41, 5.74) is 3.63. The van der Waals surface area contributed by atoms with Crippen molar-refractivity contribution >= 4 is 11.5 Å². The molecular formula is C17H22O3. The number of methoxy groups -OCH3 is 1. The molecule has 0 fully saturated rings. The molecule has 20 heavy (non-hydrogen) atoms. The Morgan fingerprint density at radius 1 is 1.40 bits per heavy atom. The van der Waals surface area contributed by atoms with E-state index in [1.165, 1.54) is 11.1 Å². The van der Waals surface area contributed by atoms with Crippen molar-refractivity contribution in [1.29, 1.82) is 0 Å². The third-order valence-corrected chi connectivity index (χ3v) is 3.73. The standard InChI is InChI=1S/C17H22O3/c1-4-20-17(18)14-8-6-13(7-9-14)15-11-12(2)5-10-16(15)19-3/h5-6,10-11,14H,4,7-9H2,1-3H3. The predicted molar refractivity (Wildman–Crippen MR) is 79.7 cm³/mol. The molecule has 3 nitrogen and oxygen atoms in total. The third-order valence-electron chi connectivity index (χ3n) is 3.73. The van der Waals surface area contributed by atoms with Crippen LogP contribution in [0.25, 0.3) is 5.57 Å². The summed E-state index contributed by atoms with van der Waals surface area (Å²) in [6.45, 7) is 4.38. The Morgan fingerprint density at radius 2 is 2.20 bits per heavy atom. The first-order valence-corrected chi connectivity index (χ1v) is 7.16. The maximum absolute atomic E-state index is 11.7. The highest BCUT2D eigenvalue weighted by molar-refractivity contribution is 5.77. The van der Waals surface area contributed by atoms with Crippen molar-refractivity contribution in [2.45, 2.75) is 33.1 Å². The van der Waals surface area contributed by atoms with Gasteiger partial charge < -0.3 is 9.47 Å². The van der Waals surface area contributed by atoms with Gasteiger partial charge in [0.15, 0.2) is 0 Å². The molecule has 1 atom stereocenters. The molecule has 0 radical (unpaired) electrons. The second-order valence-electron chi connectivity index (χ2n) is 5.16. The van der Waals surface area contributed by atoms with Gasteiger partial charge in [0.2, 0.25) is 0 Å². The van der Waals surface area contributed by atoms with E-state index in [1.807, 2.05) is 19.1 Å². The molecule has 0 spiro atoms. The lowest BCUT2D eigenvalue weighted by Crippen LogP contribution is -2.19. The van der Waals surface area contributed by atoms with Crippen LogP contribution in [0.1, 0.15) is 37.3 Å². The van der Waals surface area contributed by atoms with Gasteiger partial charge >= 0.3 is 5.97 Å². The van der Waals surface area contributed by atoms with E-state index in [2.05, 4.69) is 19.1 Å². The van der Waals surface area contributed by atoms with Crippen molar-refractivity contribution in [3.05, 3.63) is 35.4 Å². The zero-order valence-electron chi connectivity index (χ0n) is 12.4. The molecule has 1 aromatic carbocycles. The monoisotopic (exact) mass is 274 g/mol. The molecule has 0 amide bonds. The fourth-order valence-electron chi connectivity index (χ4n) is 2.63. The van der Waals surface area contributed by atoms with Crippen LogP contribution in [0.4, 0.5) is 0 Å². The van der Waals surface area contributed by atoms with Crippen LogP contribution in [0.15, 0.2) is 24.3 Å². The van der Waals surface area contributed by atoms with Crippen molar-refractivity contribution in [1.82, 2.24) is 0 Å². The molecular weight excluding hydrogens is 252 g/mol. The number of ether oxygens (including phenoxy) is 2. The van der Waals surface area contributed by atoms with Crippen LogP contribution in [0.5, 0.6) is 5.75 Å². The quantitative estimate of drug-likeness (QED) is 0.784. The van der Waals surface area contributed by atoms with Gasteiger partial charge in [0.25, 0.3) is 0 Å². The van der Waals surface area contributed by atoms with Gasteiger partial charge in [-0.2, -0.15) is 0 Å². The second-order valence-corrected chi connectivity index (χ2v) is 5.16. The molecule has 1 unspecified atom stereocenters. The predicted octanol–water partition coefficient (Wildman–Crippen LogP) is 3.75.